The number of carbonyl (C=O) groups excluding carboxylic acids is 1. The molecule has 1 aliphatic heterocycles. The fourth-order valence-electron chi connectivity index (χ4n) is 2.93. The van der Waals surface area contributed by atoms with Crippen LogP contribution >= 0.6 is 11.6 Å². The summed E-state index contributed by atoms with van der Waals surface area (Å²) in [7, 11) is -4.27. The lowest BCUT2D eigenvalue weighted by molar-refractivity contribution is -0.136. The minimum Gasteiger partial charge on any atom is -0.312 e. The van der Waals surface area contributed by atoms with Gasteiger partial charge in [-0.05, 0) is 55.3 Å². The molecule has 5 nitrogen and oxygen atoms in total. The van der Waals surface area contributed by atoms with Gasteiger partial charge in [0, 0.05) is 23.7 Å². The molecule has 1 fully saturated rings. The van der Waals surface area contributed by atoms with Gasteiger partial charge in [0.25, 0.3) is 10.0 Å². The summed E-state index contributed by atoms with van der Waals surface area (Å²) in [4.78, 5) is 13.3. The van der Waals surface area contributed by atoms with Crippen molar-refractivity contribution in [3.05, 3.63) is 53.1 Å². The van der Waals surface area contributed by atoms with Gasteiger partial charge in [0.1, 0.15) is 0 Å². The molecule has 0 saturated carbocycles. The van der Waals surface area contributed by atoms with Gasteiger partial charge in [-0.25, -0.2) is 8.42 Å². The molecule has 1 heterocycles. The Hall–Kier alpha value is -2.26. The molecule has 1 N–H and O–H groups in total. The van der Waals surface area contributed by atoms with Crippen molar-refractivity contribution < 1.29 is 26.4 Å². The van der Waals surface area contributed by atoms with Crippen LogP contribution in [0.4, 0.5) is 24.5 Å². The second-order valence-electron chi connectivity index (χ2n) is 6.29. The Bertz CT molecular complexity index is 992. The Morgan fingerprint density at radius 2 is 1.71 bits per heavy atom. The molecule has 0 unspecified atom stereocenters. The Labute approximate surface area is 165 Å². The SMILES string of the molecule is O=C1CCCCN1c1ccc(S(=O)(=O)Nc2ccc(Cl)cc2C(F)(F)F)cc1. The van der Waals surface area contributed by atoms with Crippen LogP contribution in [0.3, 0.4) is 0 Å². The first-order chi connectivity index (χ1) is 13.1. The molecule has 150 valence electrons. The summed E-state index contributed by atoms with van der Waals surface area (Å²) < 4.78 is 66.5. The fraction of sp³-hybridized carbons (Fsp3) is 0.278. The molecule has 0 aliphatic carbocycles. The van der Waals surface area contributed by atoms with Crippen molar-refractivity contribution in [2.45, 2.75) is 30.3 Å². The highest BCUT2D eigenvalue weighted by atomic mass is 35.5. The van der Waals surface area contributed by atoms with E-state index in [0.29, 0.717) is 24.7 Å². The van der Waals surface area contributed by atoms with E-state index in [1.165, 1.54) is 30.3 Å². The van der Waals surface area contributed by atoms with Crippen molar-refractivity contribution in [1.29, 1.82) is 0 Å². The van der Waals surface area contributed by atoms with Crippen LogP contribution in [0.5, 0.6) is 0 Å². The molecule has 0 atom stereocenters. The standard InChI is InChI=1S/C18H16ClF3N2O3S/c19-12-4-9-16(15(11-12)18(20,21)22)23-28(26,27)14-7-5-13(6-8-14)24-10-2-1-3-17(24)25/h4-9,11,23H,1-3,10H2. The lowest BCUT2D eigenvalue weighted by Gasteiger charge is -2.26. The van der Waals surface area contributed by atoms with E-state index in [1.54, 1.807) is 4.90 Å². The zero-order chi connectivity index (χ0) is 20.5. The molecule has 0 aromatic heterocycles. The average molecular weight is 433 g/mol. The molecule has 2 aromatic carbocycles. The minimum atomic E-state index is -4.78. The molecule has 3 rings (SSSR count). The summed E-state index contributed by atoms with van der Waals surface area (Å²) in [5.41, 5.74) is -1.25. The number of hydrogen-bond donors (Lipinski definition) is 1. The fourth-order valence-corrected chi connectivity index (χ4v) is 4.18. The number of amides is 1. The zero-order valence-corrected chi connectivity index (χ0v) is 16.0. The lowest BCUT2D eigenvalue weighted by Crippen LogP contribution is -2.35. The number of sulfonamides is 1. The first kappa shape index (κ1) is 20.5. The first-order valence-electron chi connectivity index (χ1n) is 8.38. The van der Waals surface area contributed by atoms with E-state index in [4.69, 9.17) is 11.6 Å². The van der Waals surface area contributed by atoms with E-state index in [-0.39, 0.29) is 15.8 Å². The summed E-state index contributed by atoms with van der Waals surface area (Å²) in [6.45, 7) is 0.545. The molecular formula is C18H16ClF3N2O3S. The Morgan fingerprint density at radius 1 is 1.04 bits per heavy atom. The summed E-state index contributed by atoms with van der Waals surface area (Å²) in [5.74, 6) is -0.0454. The Balaban J connectivity index is 1.87. The van der Waals surface area contributed by atoms with Gasteiger partial charge in [-0.15, -0.1) is 0 Å². The van der Waals surface area contributed by atoms with Crippen molar-refractivity contribution in [1.82, 2.24) is 0 Å². The molecule has 28 heavy (non-hydrogen) atoms. The number of alkyl halides is 3. The minimum absolute atomic E-state index is 0.0454. The van der Waals surface area contributed by atoms with Crippen LogP contribution in [-0.2, 0) is 21.0 Å². The third kappa shape index (κ3) is 4.41. The molecule has 1 amide bonds. The second-order valence-corrected chi connectivity index (χ2v) is 8.41. The summed E-state index contributed by atoms with van der Waals surface area (Å²) in [6.07, 6.45) is -2.68. The van der Waals surface area contributed by atoms with Gasteiger partial charge in [-0.2, -0.15) is 13.2 Å². The van der Waals surface area contributed by atoms with Crippen LogP contribution in [0.1, 0.15) is 24.8 Å². The van der Waals surface area contributed by atoms with E-state index in [1.807, 2.05) is 4.72 Å². The maximum absolute atomic E-state index is 13.2. The summed E-state index contributed by atoms with van der Waals surface area (Å²) >= 11 is 5.60. The van der Waals surface area contributed by atoms with Crippen LogP contribution in [0.25, 0.3) is 0 Å². The van der Waals surface area contributed by atoms with Crippen molar-refractivity contribution in [2.24, 2.45) is 0 Å². The number of rotatable bonds is 4. The van der Waals surface area contributed by atoms with Crippen molar-refractivity contribution in [3.63, 3.8) is 0 Å². The number of nitrogens with one attached hydrogen (secondary N) is 1. The molecular weight excluding hydrogens is 417 g/mol. The average Bonchev–Trinajstić information content (AvgIpc) is 2.63. The van der Waals surface area contributed by atoms with Crippen molar-refractivity contribution >= 4 is 38.9 Å². The van der Waals surface area contributed by atoms with Gasteiger partial charge in [0.15, 0.2) is 0 Å². The highest BCUT2D eigenvalue weighted by Gasteiger charge is 2.35. The van der Waals surface area contributed by atoms with E-state index < -0.39 is 27.5 Å². The monoisotopic (exact) mass is 432 g/mol. The van der Waals surface area contributed by atoms with Gasteiger partial charge in [0.05, 0.1) is 16.1 Å². The molecule has 0 bridgehead atoms. The van der Waals surface area contributed by atoms with Crippen LogP contribution in [0.15, 0.2) is 47.4 Å². The number of carbonyl (C=O) groups is 1. The Kier molecular flexibility index (Phi) is 5.58. The van der Waals surface area contributed by atoms with Gasteiger partial charge < -0.3 is 4.90 Å². The third-order valence-electron chi connectivity index (χ3n) is 4.31. The number of piperidine rings is 1. The number of benzene rings is 2. The van der Waals surface area contributed by atoms with Crippen LogP contribution in [0, 0.1) is 0 Å². The molecule has 10 heteroatoms. The van der Waals surface area contributed by atoms with E-state index in [0.717, 1.165) is 18.9 Å². The highest BCUT2D eigenvalue weighted by Crippen LogP contribution is 2.37. The van der Waals surface area contributed by atoms with Gasteiger partial charge in [-0.3, -0.25) is 9.52 Å². The molecule has 0 spiro atoms. The molecule has 1 aliphatic rings. The van der Waals surface area contributed by atoms with Crippen molar-refractivity contribution in [2.75, 3.05) is 16.2 Å². The van der Waals surface area contributed by atoms with Gasteiger partial charge >= 0.3 is 6.18 Å². The quantitative estimate of drug-likeness (QED) is 0.763. The second kappa shape index (κ2) is 7.63. The van der Waals surface area contributed by atoms with E-state index in [2.05, 4.69) is 0 Å². The van der Waals surface area contributed by atoms with Crippen LogP contribution in [0.2, 0.25) is 5.02 Å². The smallest absolute Gasteiger partial charge is 0.312 e. The zero-order valence-electron chi connectivity index (χ0n) is 14.5. The number of hydrogen-bond acceptors (Lipinski definition) is 3. The largest absolute Gasteiger partial charge is 0.418 e. The lowest BCUT2D eigenvalue weighted by atomic mass is 10.1. The first-order valence-corrected chi connectivity index (χ1v) is 10.2. The molecule has 0 radical (unpaired) electrons. The van der Waals surface area contributed by atoms with E-state index in [9.17, 15) is 26.4 Å². The van der Waals surface area contributed by atoms with Gasteiger partial charge in [0.2, 0.25) is 5.91 Å². The van der Waals surface area contributed by atoms with Crippen LogP contribution < -0.4 is 9.62 Å². The van der Waals surface area contributed by atoms with Crippen LogP contribution in [-0.4, -0.2) is 20.9 Å². The molecule has 1 saturated heterocycles. The number of anilines is 2. The maximum Gasteiger partial charge on any atom is 0.418 e. The summed E-state index contributed by atoms with van der Waals surface area (Å²) in [6, 6.07) is 8.22. The summed E-state index contributed by atoms with van der Waals surface area (Å²) in [5, 5.41) is -0.161. The number of nitrogens with zero attached hydrogens (tertiary/aromatic N) is 1. The molecule has 2 aromatic rings. The normalized spacial score (nSPS) is 15.6. The Morgan fingerprint density at radius 3 is 2.32 bits per heavy atom. The van der Waals surface area contributed by atoms with Gasteiger partial charge in [-0.1, -0.05) is 11.6 Å². The number of halogens is 4. The predicted molar refractivity (Wildman–Crippen MR) is 99.9 cm³/mol. The topological polar surface area (TPSA) is 66.5 Å². The highest BCUT2D eigenvalue weighted by molar-refractivity contribution is 7.92. The third-order valence-corrected chi connectivity index (χ3v) is 5.93. The van der Waals surface area contributed by atoms with E-state index >= 15 is 0 Å². The maximum atomic E-state index is 13.2. The predicted octanol–water partition coefficient (Wildman–Crippen LogP) is 4.68. The van der Waals surface area contributed by atoms with Crippen molar-refractivity contribution in [3.8, 4) is 0 Å².